The number of nitrogens with one attached hydrogen (secondary N) is 2. The summed E-state index contributed by atoms with van der Waals surface area (Å²) in [6.45, 7) is 2.81. The molecule has 1 atom stereocenters. The lowest BCUT2D eigenvalue weighted by molar-refractivity contribution is -0.109. The quantitative estimate of drug-likeness (QED) is 0.183. The standard InChI is InChI=1S/C25H29NO3.C2H5NO.CH2O/c1-29-22-14-11-20(12-15-22)25(28)21-13-16-23(24(27)18-21)26-17-7-3-6-10-19-8-4-2-5-9-19;1-3-2-4;1-2/h2,4-5,8-9,11-16,18,25-28H,3,6-7,10,17H2,1H3;2H,1H3,(H,3,4);1H2. The maximum atomic E-state index is 10.6. The van der Waals surface area contributed by atoms with Crippen LogP contribution >= 0.6 is 0 Å². The summed E-state index contributed by atoms with van der Waals surface area (Å²) in [4.78, 5) is 17.1. The van der Waals surface area contributed by atoms with Crippen LogP contribution in [0.5, 0.6) is 11.5 Å². The van der Waals surface area contributed by atoms with Gasteiger partial charge in [-0.05, 0) is 60.2 Å². The number of phenolic OH excluding ortho intramolecular Hbond substituents is 1. The summed E-state index contributed by atoms with van der Waals surface area (Å²) in [5.41, 5.74) is 3.48. The van der Waals surface area contributed by atoms with E-state index in [1.54, 1.807) is 20.2 Å². The first-order valence-electron chi connectivity index (χ1n) is 11.4. The summed E-state index contributed by atoms with van der Waals surface area (Å²) < 4.78 is 5.14. The van der Waals surface area contributed by atoms with E-state index in [0.717, 1.165) is 43.5 Å². The Balaban J connectivity index is 0.000000926. The topological polar surface area (TPSA) is 108 Å². The molecule has 0 aliphatic carbocycles. The first-order chi connectivity index (χ1) is 17.1. The number of phenols is 1. The number of hydrogen-bond acceptors (Lipinski definition) is 6. The largest absolute Gasteiger partial charge is 0.506 e. The minimum atomic E-state index is -0.793. The van der Waals surface area contributed by atoms with Crippen LogP contribution in [0.15, 0.2) is 72.8 Å². The Labute approximate surface area is 207 Å². The number of amides is 1. The van der Waals surface area contributed by atoms with Gasteiger partial charge >= 0.3 is 0 Å². The Hall–Kier alpha value is -3.84. The Bertz CT molecular complexity index is 965. The fourth-order valence-electron chi connectivity index (χ4n) is 3.35. The van der Waals surface area contributed by atoms with E-state index < -0.39 is 6.10 Å². The number of ether oxygens (including phenoxy) is 1. The average Bonchev–Trinajstić information content (AvgIpc) is 2.92. The van der Waals surface area contributed by atoms with Crippen LogP contribution < -0.4 is 15.4 Å². The molecule has 0 aliphatic rings. The Kier molecular flexibility index (Phi) is 14.7. The van der Waals surface area contributed by atoms with Crippen molar-refractivity contribution in [3.05, 3.63) is 89.5 Å². The molecule has 0 spiro atoms. The molecule has 0 aromatic heterocycles. The van der Waals surface area contributed by atoms with E-state index in [1.165, 1.54) is 5.56 Å². The molecule has 7 heteroatoms. The summed E-state index contributed by atoms with van der Waals surface area (Å²) in [5.74, 6) is 0.895. The van der Waals surface area contributed by atoms with Gasteiger partial charge in [-0.15, -0.1) is 0 Å². The second-order valence-electron chi connectivity index (χ2n) is 7.58. The molecule has 3 aromatic carbocycles. The zero-order valence-electron chi connectivity index (χ0n) is 20.4. The smallest absolute Gasteiger partial charge is 0.206 e. The third kappa shape index (κ3) is 10.8. The van der Waals surface area contributed by atoms with Gasteiger partial charge in [0.05, 0.1) is 12.8 Å². The molecule has 0 heterocycles. The second-order valence-corrected chi connectivity index (χ2v) is 7.58. The van der Waals surface area contributed by atoms with Gasteiger partial charge in [0.1, 0.15) is 24.4 Å². The van der Waals surface area contributed by atoms with Crippen molar-refractivity contribution in [1.29, 1.82) is 0 Å². The Morgan fingerprint density at radius 3 is 2.14 bits per heavy atom. The predicted molar refractivity (Wildman–Crippen MR) is 140 cm³/mol. The highest BCUT2D eigenvalue weighted by Crippen LogP contribution is 2.30. The zero-order chi connectivity index (χ0) is 25.9. The summed E-state index contributed by atoms with van der Waals surface area (Å²) in [5, 5.41) is 26.4. The van der Waals surface area contributed by atoms with Gasteiger partial charge in [-0.2, -0.15) is 0 Å². The summed E-state index contributed by atoms with van der Waals surface area (Å²) >= 11 is 0. The van der Waals surface area contributed by atoms with Crippen molar-refractivity contribution < 1.29 is 24.5 Å². The maximum Gasteiger partial charge on any atom is 0.206 e. The third-order valence-corrected chi connectivity index (χ3v) is 5.19. The van der Waals surface area contributed by atoms with Crippen LogP contribution in [0.2, 0.25) is 0 Å². The summed E-state index contributed by atoms with van der Waals surface area (Å²) in [6.07, 6.45) is 4.27. The minimum absolute atomic E-state index is 0.152. The Morgan fingerprint density at radius 2 is 1.57 bits per heavy atom. The van der Waals surface area contributed by atoms with E-state index in [4.69, 9.17) is 14.3 Å². The van der Waals surface area contributed by atoms with Crippen molar-refractivity contribution in [3.63, 3.8) is 0 Å². The number of aromatic hydroxyl groups is 1. The molecular formula is C28H36N2O5. The van der Waals surface area contributed by atoms with Crippen LogP contribution in [-0.4, -0.2) is 44.1 Å². The molecule has 0 radical (unpaired) electrons. The number of benzene rings is 3. The molecule has 35 heavy (non-hydrogen) atoms. The number of aliphatic hydroxyl groups is 1. The van der Waals surface area contributed by atoms with E-state index >= 15 is 0 Å². The Morgan fingerprint density at radius 1 is 0.943 bits per heavy atom. The molecule has 188 valence electrons. The molecule has 0 fully saturated rings. The van der Waals surface area contributed by atoms with E-state index in [9.17, 15) is 10.2 Å². The monoisotopic (exact) mass is 480 g/mol. The highest BCUT2D eigenvalue weighted by atomic mass is 16.5. The highest BCUT2D eigenvalue weighted by molar-refractivity contribution is 5.57. The van der Waals surface area contributed by atoms with Crippen LogP contribution in [-0.2, 0) is 16.0 Å². The second kappa shape index (κ2) is 17.6. The molecule has 4 N–H and O–H groups in total. The number of hydrogen-bond donors (Lipinski definition) is 4. The number of aryl methyl sites for hydroxylation is 1. The lowest BCUT2D eigenvalue weighted by Gasteiger charge is -2.15. The number of aliphatic hydroxyl groups excluding tert-OH is 1. The fourth-order valence-corrected chi connectivity index (χ4v) is 3.35. The van der Waals surface area contributed by atoms with Gasteiger partial charge in [-0.1, -0.05) is 55.0 Å². The van der Waals surface area contributed by atoms with Gasteiger partial charge in [0.2, 0.25) is 6.41 Å². The molecule has 1 unspecified atom stereocenters. The number of carbonyl (C=O) groups is 2. The summed E-state index contributed by atoms with van der Waals surface area (Å²) in [6, 6.07) is 23.1. The molecule has 0 aliphatic heterocycles. The third-order valence-electron chi connectivity index (χ3n) is 5.19. The SMILES string of the molecule is C=O.CNC=O.COc1ccc(C(O)c2ccc(NCCCCCc3ccccc3)c(O)c2)cc1. The van der Waals surface area contributed by atoms with Crippen LogP contribution in [0, 0.1) is 0 Å². The van der Waals surface area contributed by atoms with Gasteiger partial charge in [-0.3, -0.25) is 4.79 Å². The van der Waals surface area contributed by atoms with Crippen molar-refractivity contribution in [2.75, 3.05) is 26.0 Å². The van der Waals surface area contributed by atoms with Gasteiger partial charge in [0.25, 0.3) is 0 Å². The lowest BCUT2D eigenvalue weighted by Crippen LogP contribution is -2.04. The van der Waals surface area contributed by atoms with E-state index in [-0.39, 0.29) is 5.75 Å². The molecule has 0 saturated carbocycles. The van der Waals surface area contributed by atoms with Crippen molar-refractivity contribution >= 4 is 18.9 Å². The van der Waals surface area contributed by atoms with Crippen LogP contribution in [0.1, 0.15) is 42.1 Å². The zero-order valence-corrected chi connectivity index (χ0v) is 20.4. The van der Waals surface area contributed by atoms with Crippen molar-refractivity contribution in [3.8, 4) is 11.5 Å². The van der Waals surface area contributed by atoms with Gasteiger partial charge in [-0.25, -0.2) is 0 Å². The first kappa shape index (κ1) is 29.2. The molecule has 1 amide bonds. The number of anilines is 1. The first-order valence-corrected chi connectivity index (χ1v) is 11.4. The molecule has 0 bridgehead atoms. The van der Waals surface area contributed by atoms with Crippen LogP contribution in [0.3, 0.4) is 0 Å². The minimum Gasteiger partial charge on any atom is -0.506 e. The highest BCUT2D eigenvalue weighted by Gasteiger charge is 2.13. The number of unbranched alkanes of at least 4 members (excludes halogenated alkanes) is 2. The van der Waals surface area contributed by atoms with E-state index in [1.807, 2.05) is 49.3 Å². The number of carbonyl (C=O) groups excluding carboxylic acids is 2. The van der Waals surface area contributed by atoms with Crippen molar-refractivity contribution in [1.82, 2.24) is 5.32 Å². The van der Waals surface area contributed by atoms with E-state index in [0.29, 0.717) is 17.7 Å². The van der Waals surface area contributed by atoms with Gasteiger partial charge in [0.15, 0.2) is 0 Å². The van der Waals surface area contributed by atoms with Crippen LogP contribution in [0.4, 0.5) is 5.69 Å². The fraction of sp³-hybridized carbons (Fsp3) is 0.286. The molecular weight excluding hydrogens is 444 g/mol. The van der Waals surface area contributed by atoms with Gasteiger partial charge in [0, 0.05) is 13.6 Å². The van der Waals surface area contributed by atoms with Crippen LogP contribution in [0.25, 0.3) is 0 Å². The molecule has 7 nitrogen and oxygen atoms in total. The van der Waals surface area contributed by atoms with Crippen molar-refractivity contribution in [2.24, 2.45) is 0 Å². The normalized spacial score (nSPS) is 10.5. The molecule has 3 rings (SSSR count). The van der Waals surface area contributed by atoms with Crippen molar-refractivity contribution in [2.45, 2.75) is 31.8 Å². The predicted octanol–water partition coefficient (Wildman–Crippen LogP) is 4.48. The maximum absolute atomic E-state index is 10.6. The molecule has 0 saturated heterocycles. The number of methoxy groups -OCH3 is 1. The summed E-state index contributed by atoms with van der Waals surface area (Å²) in [7, 11) is 3.17. The van der Waals surface area contributed by atoms with Gasteiger partial charge < -0.3 is 30.4 Å². The van der Waals surface area contributed by atoms with E-state index in [2.05, 4.69) is 34.9 Å². The molecule has 3 aromatic rings. The number of rotatable bonds is 11. The lowest BCUT2D eigenvalue weighted by atomic mass is 10.0. The average molecular weight is 481 g/mol.